The summed E-state index contributed by atoms with van der Waals surface area (Å²) >= 11 is 37.2. The first-order chi connectivity index (χ1) is 29.4. The second kappa shape index (κ2) is 20.9. The maximum atomic E-state index is 11.6. The Bertz CT molecular complexity index is 2360. The van der Waals surface area contributed by atoms with Crippen molar-refractivity contribution in [1.29, 1.82) is 0 Å². The normalized spacial score (nSPS) is 18.1. The molecule has 0 saturated carbocycles. The number of amides is 1. The highest BCUT2D eigenvalue weighted by atomic mass is 35.5. The summed E-state index contributed by atoms with van der Waals surface area (Å²) in [4.78, 5) is 23.9. The van der Waals surface area contributed by atoms with Crippen LogP contribution in [0.5, 0.6) is 5.75 Å². The van der Waals surface area contributed by atoms with Gasteiger partial charge in [-0.15, -0.1) is 0 Å². The zero-order chi connectivity index (χ0) is 42.9. The van der Waals surface area contributed by atoms with Gasteiger partial charge in [0, 0.05) is 99.8 Å². The summed E-state index contributed by atoms with van der Waals surface area (Å²) in [7, 11) is 0. The monoisotopic (exact) mass is 944 g/mol. The van der Waals surface area contributed by atoms with Crippen molar-refractivity contribution in [3.63, 3.8) is 0 Å². The second-order valence-electron chi connectivity index (χ2n) is 14.4. The molecule has 2 aliphatic rings. The minimum Gasteiger partial charge on any atom is -0.491 e. The van der Waals surface area contributed by atoms with E-state index in [0.29, 0.717) is 68.6 Å². The Kier molecular flexibility index (Phi) is 15.4. The summed E-state index contributed by atoms with van der Waals surface area (Å²) in [6.45, 7) is 6.69. The number of imidazole rings is 2. The van der Waals surface area contributed by atoms with E-state index >= 15 is 0 Å². The predicted octanol–water partition coefficient (Wildman–Crippen LogP) is 10.7. The third-order valence-corrected chi connectivity index (χ3v) is 11.9. The molecule has 17 heteroatoms. The van der Waals surface area contributed by atoms with Gasteiger partial charge in [0.1, 0.15) is 24.6 Å². The fourth-order valence-corrected chi connectivity index (χ4v) is 8.56. The molecule has 8 rings (SSSR count). The highest BCUT2D eigenvalue weighted by Crippen LogP contribution is 2.41. The van der Waals surface area contributed by atoms with Gasteiger partial charge in [-0.05, 0) is 66.2 Å². The first-order valence-corrected chi connectivity index (χ1v) is 21.6. The van der Waals surface area contributed by atoms with Crippen LogP contribution in [0.1, 0.15) is 29.7 Å². The van der Waals surface area contributed by atoms with Gasteiger partial charge in [0.25, 0.3) is 0 Å². The lowest BCUT2D eigenvalue weighted by molar-refractivity contribution is -0.189. The fraction of sp³-hybridized carbons (Fsp3) is 0.295. The van der Waals surface area contributed by atoms with Crippen molar-refractivity contribution in [1.82, 2.24) is 24.0 Å². The zero-order valence-electron chi connectivity index (χ0n) is 33.0. The number of anilines is 1. The molecule has 4 aromatic carbocycles. The number of halogens is 6. The average Bonchev–Trinajstić information content (AvgIpc) is 4.04. The van der Waals surface area contributed by atoms with Crippen LogP contribution in [0.15, 0.2) is 116 Å². The molecule has 0 N–H and O–H groups in total. The molecule has 11 nitrogen and oxygen atoms in total. The first-order valence-electron chi connectivity index (χ1n) is 19.4. The zero-order valence-corrected chi connectivity index (χ0v) is 37.5. The molecule has 0 radical (unpaired) electrons. The van der Waals surface area contributed by atoms with E-state index in [0.717, 1.165) is 48.7 Å². The van der Waals surface area contributed by atoms with Crippen LogP contribution in [0.2, 0.25) is 30.1 Å². The molecule has 2 aromatic heterocycles. The van der Waals surface area contributed by atoms with Crippen molar-refractivity contribution in [2.75, 3.05) is 44.3 Å². The van der Waals surface area contributed by atoms with E-state index in [-0.39, 0.29) is 18.1 Å². The van der Waals surface area contributed by atoms with Crippen molar-refractivity contribution in [2.24, 2.45) is 0 Å². The molecular weight excluding hydrogens is 905 g/mol. The van der Waals surface area contributed by atoms with Gasteiger partial charge in [0.2, 0.25) is 11.7 Å². The fourth-order valence-electron chi connectivity index (χ4n) is 7.02. The Morgan fingerprint density at radius 3 is 2.05 bits per heavy atom. The Balaban J connectivity index is 0.000000197. The van der Waals surface area contributed by atoms with Crippen LogP contribution in [0.3, 0.4) is 0 Å². The molecule has 1 amide bonds. The van der Waals surface area contributed by atoms with Gasteiger partial charge in [0.05, 0.1) is 44.0 Å². The first kappa shape index (κ1) is 45.0. The molecule has 4 heterocycles. The molecular formula is C44H42Cl6N6O5. The quantitative estimate of drug-likeness (QED) is 0.113. The summed E-state index contributed by atoms with van der Waals surface area (Å²) in [5.41, 5.74) is 3.53. The molecule has 0 bridgehead atoms. The predicted molar refractivity (Wildman–Crippen MR) is 240 cm³/mol. The lowest BCUT2D eigenvalue weighted by atomic mass is 10.1. The third-order valence-electron chi connectivity index (χ3n) is 10.2. The van der Waals surface area contributed by atoms with Crippen molar-refractivity contribution in [3.8, 4) is 5.75 Å². The van der Waals surface area contributed by atoms with Gasteiger partial charge in [0.15, 0.2) is 0 Å². The number of carbonyl (C=O) groups excluding carboxylic acids is 1. The van der Waals surface area contributed by atoms with E-state index < -0.39 is 5.79 Å². The van der Waals surface area contributed by atoms with Crippen molar-refractivity contribution < 1.29 is 23.7 Å². The maximum Gasteiger partial charge on any atom is 0.219 e. The van der Waals surface area contributed by atoms with E-state index in [4.69, 9.17) is 88.6 Å². The molecule has 6 aromatic rings. The Morgan fingerprint density at radius 2 is 1.43 bits per heavy atom. The van der Waals surface area contributed by atoms with E-state index in [1.807, 2.05) is 68.9 Å². The minimum atomic E-state index is -1.08. The molecule has 2 aliphatic heterocycles. The van der Waals surface area contributed by atoms with Gasteiger partial charge < -0.3 is 37.9 Å². The maximum absolute atomic E-state index is 11.6. The van der Waals surface area contributed by atoms with Gasteiger partial charge in [-0.2, -0.15) is 0 Å². The van der Waals surface area contributed by atoms with Crippen molar-refractivity contribution >= 4 is 81.2 Å². The van der Waals surface area contributed by atoms with E-state index in [2.05, 4.69) is 14.9 Å². The number of ether oxygens (including phenoxy) is 4. The smallest absolute Gasteiger partial charge is 0.219 e. The van der Waals surface area contributed by atoms with Crippen molar-refractivity contribution in [3.05, 3.63) is 163 Å². The minimum absolute atomic E-state index is 0.129. The van der Waals surface area contributed by atoms with Crippen LogP contribution in [0, 0.1) is 0 Å². The second-order valence-corrected chi connectivity index (χ2v) is 17.0. The topological polar surface area (TPSA) is 96.1 Å². The molecule has 2 saturated heterocycles. The molecule has 0 spiro atoms. The van der Waals surface area contributed by atoms with E-state index in [9.17, 15) is 4.79 Å². The van der Waals surface area contributed by atoms with E-state index in [1.165, 1.54) is 0 Å². The summed E-state index contributed by atoms with van der Waals surface area (Å²) in [5, 5.41) is 3.31. The number of carbonyl (C=O) groups is 1. The van der Waals surface area contributed by atoms with Gasteiger partial charge in [-0.3, -0.25) is 4.79 Å². The highest BCUT2D eigenvalue weighted by molar-refractivity contribution is 6.36. The third kappa shape index (κ3) is 11.9. The summed E-state index contributed by atoms with van der Waals surface area (Å²) in [5.74, 6) is -0.201. The lowest BCUT2D eigenvalue weighted by Crippen LogP contribution is -2.48. The number of hydrogen-bond acceptors (Lipinski definition) is 8. The summed E-state index contributed by atoms with van der Waals surface area (Å²) in [6.07, 6.45) is 10.0. The average molecular weight is 948 g/mol. The van der Waals surface area contributed by atoms with Crippen molar-refractivity contribution in [2.45, 2.75) is 44.6 Å². The number of nitrogens with zero attached hydrogens (tertiary/aromatic N) is 6. The van der Waals surface area contributed by atoms with Crippen LogP contribution in [0.25, 0.3) is 0 Å². The number of rotatable bonds is 13. The number of hydrogen-bond donors (Lipinski definition) is 0. The lowest BCUT2D eigenvalue weighted by Gasteiger charge is -2.35. The van der Waals surface area contributed by atoms with Crippen LogP contribution in [0.4, 0.5) is 5.69 Å². The summed E-state index contributed by atoms with van der Waals surface area (Å²) in [6, 6.07) is 24.0. The highest BCUT2D eigenvalue weighted by Gasteiger charge is 2.45. The SMILES string of the molecule is CC(=O)N1CCN(c2ccc(OC[C@H]3CO[C@](Cn4ccnc4)(c4ccc(Cl)cc4Cl)O3)cc2)CC1.Clc1ccc(COC(Cn2ccnc2)c2ccc(Cl)cc2Cl)c(Cl)c1. The standard InChI is InChI=1S/C26H28Cl2N4O4.C18H14Cl4N2O/c1-19(33)31-10-12-32(13-11-31)21-3-5-22(6-4-21)34-15-23-16-35-26(36-23,17-30-9-8-29-18-30)24-7-2-20(27)14-25(24)28;19-13-2-1-12(16(21)7-13)10-25-18(9-24-6-5-23-11-24)15-4-3-14(20)8-17(15)22/h2-9,14,18,23H,10-13,15-17H2,1H3;1-8,11,18H,9-10H2/t23-,26-;/m0./s1. The van der Waals surface area contributed by atoms with Gasteiger partial charge in [-0.25, -0.2) is 9.97 Å². The molecule has 3 atom stereocenters. The Morgan fingerprint density at radius 1 is 0.787 bits per heavy atom. The van der Waals surface area contributed by atoms with Crippen LogP contribution in [-0.4, -0.2) is 75.4 Å². The van der Waals surface area contributed by atoms with Crippen LogP contribution >= 0.6 is 69.6 Å². The molecule has 0 aliphatic carbocycles. The number of piperazine rings is 1. The summed E-state index contributed by atoms with van der Waals surface area (Å²) < 4.78 is 28.7. The van der Waals surface area contributed by atoms with Gasteiger partial charge >= 0.3 is 0 Å². The Labute approximate surface area is 384 Å². The molecule has 320 valence electrons. The molecule has 61 heavy (non-hydrogen) atoms. The van der Waals surface area contributed by atoms with Crippen LogP contribution < -0.4 is 9.64 Å². The largest absolute Gasteiger partial charge is 0.491 e. The van der Waals surface area contributed by atoms with Gasteiger partial charge in [-0.1, -0.05) is 87.8 Å². The van der Waals surface area contributed by atoms with Crippen LogP contribution in [-0.2, 0) is 44.5 Å². The Hall–Kier alpha value is -4.01. The van der Waals surface area contributed by atoms with E-state index in [1.54, 1.807) is 68.4 Å². The number of benzene rings is 4. The molecule has 1 unspecified atom stereocenters. The number of aromatic nitrogens is 4. The molecule has 2 fully saturated rings.